The Bertz CT molecular complexity index is 901. The van der Waals surface area contributed by atoms with Crippen molar-refractivity contribution in [3.8, 4) is 0 Å². The molecule has 0 fully saturated rings. The van der Waals surface area contributed by atoms with Crippen LogP contribution in [-0.4, -0.2) is 0 Å². The zero-order valence-corrected chi connectivity index (χ0v) is 15.0. The highest BCUT2D eigenvalue weighted by Gasteiger charge is 2.21. The summed E-state index contributed by atoms with van der Waals surface area (Å²) in [7, 11) is 0. The third kappa shape index (κ3) is 4.03. The fraction of sp³-hybridized carbons (Fsp3) is 0.154. The van der Waals surface area contributed by atoms with Crippen LogP contribution in [0.25, 0.3) is 17.7 Å². The van der Waals surface area contributed by atoms with Crippen LogP contribution in [0.15, 0.2) is 91.0 Å². The maximum atomic E-state index is 2.37. The molecule has 26 heavy (non-hydrogen) atoms. The molecule has 0 nitrogen and oxygen atoms in total. The summed E-state index contributed by atoms with van der Waals surface area (Å²) in [4.78, 5) is 0. The van der Waals surface area contributed by atoms with E-state index in [2.05, 4.69) is 103 Å². The van der Waals surface area contributed by atoms with Crippen LogP contribution in [0.3, 0.4) is 0 Å². The first-order valence-electron chi connectivity index (χ1n) is 9.44. The Hall–Kier alpha value is -2.86. The highest BCUT2D eigenvalue weighted by atomic mass is 14.3. The van der Waals surface area contributed by atoms with Gasteiger partial charge >= 0.3 is 0 Å². The summed E-state index contributed by atoms with van der Waals surface area (Å²) < 4.78 is 0. The van der Waals surface area contributed by atoms with Crippen molar-refractivity contribution < 1.29 is 0 Å². The maximum Gasteiger partial charge on any atom is -0.0192 e. The summed E-state index contributed by atoms with van der Waals surface area (Å²) in [5.41, 5.74) is 6.95. The van der Waals surface area contributed by atoms with E-state index in [9.17, 15) is 0 Å². The first kappa shape index (κ1) is 16.6. The van der Waals surface area contributed by atoms with Crippen LogP contribution >= 0.6 is 0 Å². The van der Waals surface area contributed by atoms with Gasteiger partial charge in [0, 0.05) is 0 Å². The molecular formula is C26H24. The van der Waals surface area contributed by atoms with E-state index in [4.69, 9.17) is 0 Å². The lowest BCUT2D eigenvalue weighted by Gasteiger charge is -2.26. The molecule has 1 aliphatic carbocycles. The topological polar surface area (TPSA) is 0 Å². The lowest BCUT2D eigenvalue weighted by molar-refractivity contribution is 0.534. The van der Waals surface area contributed by atoms with Crippen LogP contribution < -0.4 is 0 Å². The Balaban J connectivity index is 1.56. The summed E-state index contributed by atoms with van der Waals surface area (Å²) in [6.45, 7) is 0. The summed E-state index contributed by atoms with van der Waals surface area (Å²) >= 11 is 0. The van der Waals surface area contributed by atoms with Gasteiger partial charge in [0.25, 0.3) is 0 Å². The molecule has 0 aromatic heterocycles. The molecule has 0 radical (unpaired) electrons. The van der Waals surface area contributed by atoms with Crippen molar-refractivity contribution in [1.82, 2.24) is 0 Å². The third-order valence-corrected chi connectivity index (χ3v) is 5.10. The van der Waals surface area contributed by atoms with Crippen LogP contribution in [0.5, 0.6) is 0 Å². The van der Waals surface area contributed by atoms with E-state index in [0.717, 1.165) is 12.8 Å². The van der Waals surface area contributed by atoms with Gasteiger partial charge in [0.05, 0.1) is 0 Å². The molecule has 0 heterocycles. The SMILES string of the molecule is C(=C\c1ccccc1)/C[C@H]1C/C(=C\c2ccccc2)c2ccccc2C1. The molecule has 0 bridgehead atoms. The normalized spacial score (nSPS) is 18.2. The number of hydrogen-bond acceptors (Lipinski definition) is 0. The average Bonchev–Trinajstić information content (AvgIpc) is 2.70. The fourth-order valence-corrected chi connectivity index (χ4v) is 3.83. The molecule has 3 aromatic carbocycles. The van der Waals surface area contributed by atoms with E-state index < -0.39 is 0 Å². The van der Waals surface area contributed by atoms with Gasteiger partial charge in [-0.25, -0.2) is 0 Å². The molecule has 4 rings (SSSR count). The van der Waals surface area contributed by atoms with Gasteiger partial charge in [0.1, 0.15) is 0 Å². The molecule has 1 atom stereocenters. The van der Waals surface area contributed by atoms with Crippen LogP contribution in [0.4, 0.5) is 0 Å². The Labute approximate surface area is 156 Å². The van der Waals surface area contributed by atoms with Gasteiger partial charge in [-0.2, -0.15) is 0 Å². The molecule has 1 aliphatic rings. The molecule has 128 valence electrons. The molecule has 3 aromatic rings. The minimum absolute atomic E-state index is 0.667. The van der Waals surface area contributed by atoms with Crippen molar-refractivity contribution in [1.29, 1.82) is 0 Å². The lowest BCUT2D eigenvalue weighted by Crippen LogP contribution is -2.12. The molecule has 0 N–H and O–H groups in total. The monoisotopic (exact) mass is 336 g/mol. The maximum absolute atomic E-state index is 2.37. The van der Waals surface area contributed by atoms with Crippen molar-refractivity contribution in [3.05, 3.63) is 113 Å². The summed E-state index contributed by atoms with van der Waals surface area (Å²) in [6.07, 6.45) is 10.4. The van der Waals surface area contributed by atoms with Crippen molar-refractivity contribution in [2.24, 2.45) is 5.92 Å². The van der Waals surface area contributed by atoms with Crippen LogP contribution in [-0.2, 0) is 6.42 Å². The van der Waals surface area contributed by atoms with E-state index >= 15 is 0 Å². The first-order chi connectivity index (χ1) is 12.9. The van der Waals surface area contributed by atoms with Crippen molar-refractivity contribution in [2.45, 2.75) is 19.3 Å². The number of rotatable bonds is 4. The van der Waals surface area contributed by atoms with E-state index in [-0.39, 0.29) is 0 Å². The van der Waals surface area contributed by atoms with Gasteiger partial charge in [0.15, 0.2) is 0 Å². The highest BCUT2D eigenvalue weighted by molar-refractivity contribution is 5.83. The van der Waals surface area contributed by atoms with Crippen LogP contribution in [0, 0.1) is 5.92 Å². The van der Waals surface area contributed by atoms with E-state index in [1.54, 1.807) is 0 Å². The first-order valence-corrected chi connectivity index (χ1v) is 9.44. The van der Waals surface area contributed by atoms with E-state index in [1.807, 2.05) is 0 Å². The van der Waals surface area contributed by atoms with Gasteiger partial charge < -0.3 is 0 Å². The molecule has 0 saturated carbocycles. The second-order valence-corrected chi connectivity index (χ2v) is 7.06. The smallest absolute Gasteiger partial charge is 0.0192 e. The fourth-order valence-electron chi connectivity index (χ4n) is 3.83. The largest absolute Gasteiger partial charge is 0.0836 e. The number of fused-ring (bicyclic) bond motifs is 1. The predicted octanol–water partition coefficient (Wildman–Crippen LogP) is 6.89. The van der Waals surface area contributed by atoms with Gasteiger partial charge in [-0.05, 0) is 53.0 Å². The van der Waals surface area contributed by atoms with E-state index in [1.165, 1.54) is 34.2 Å². The number of allylic oxidation sites excluding steroid dienone is 2. The Morgan fingerprint density at radius 2 is 1.35 bits per heavy atom. The van der Waals surface area contributed by atoms with Gasteiger partial charge in [-0.3, -0.25) is 0 Å². The van der Waals surface area contributed by atoms with Crippen molar-refractivity contribution in [3.63, 3.8) is 0 Å². The van der Waals surface area contributed by atoms with Gasteiger partial charge in [-0.1, -0.05) is 103 Å². The molecule has 0 heteroatoms. The Morgan fingerprint density at radius 3 is 2.12 bits per heavy atom. The summed E-state index contributed by atoms with van der Waals surface area (Å²) in [5, 5.41) is 0. The highest BCUT2D eigenvalue weighted by Crippen LogP contribution is 2.37. The quantitative estimate of drug-likeness (QED) is 0.486. The molecule has 0 unspecified atom stereocenters. The van der Waals surface area contributed by atoms with Crippen molar-refractivity contribution >= 4 is 17.7 Å². The zero-order chi connectivity index (χ0) is 17.6. The van der Waals surface area contributed by atoms with Crippen LogP contribution in [0.2, 0.25) is 0 Å². The second kappa shape index (κ2) is 8.01. The van der Waals surface area contributed by atoms with Crippen LogP contribution in [0.1, 0.15) is 35.1 Å². The standard InChI is InChI=1S/C26H24/c1-3-10-21(11-4-1)14-9-15-23-19-24-16-7-8-17-26(24)25(20-23)18-22-12-5-2-6-13-22/h1-14,16-18,23H,15,19-20H2/b14-9+,25-18+/t23-/m1/s1. The van der Waals surface area contributed by atoms with Gasteiger partial charge in [-0.15, -0.1) is 0 Å². The number of benzene rings is 3. The summed E-state index contributed by atoms with van der Waals surface area (Å²) in [6, 6.07) is 30.2. The molecule has 0 saturated heterocycles. The Morgan fingerprint density at radius 1 is 0.692 bits per heavy atom. The molecular weight excluding hydrogens is 312 g/mol. The van der Waals surface area contributed by atoms with Gasteiger partial charge in [0.2, 0.25) is 0 Å². The predicted molar refractivity (Wildman–Crippen MR) is 113 cm³/mol. The van der Waals surface area contributed by atoms with Crippen molar-refractivity contribution in [2.75, 3.05) is 0 Å². The minimum atomic E-state index is 0.667. The number of hydrogen-bond donors (Lipinski definition) is 0. The molecule has 0 aliphatic heterocycles. The average molecular weight is 336 g/mol. The second-order valence-electron chi connectivity index (χ2n) is 7.06. The summed E-state index contributed by atoms with van der Waals surface area (Å²) in [5.74, 6) is 0.667. The molecule has 0 amide bonds. The zero-order valence-electron chi connectivity index (χ0n) is 15.0. The minimum Gasteiger partial charge on any atom is -0.0836 e. The third-order valence-electron chi connectivity index (χ3n) is 5.10. The van der Waals surface area contributed by atoms with E-state index in [0.29, 0.717) is 5.92 Å². The lowest BCUT2D eigenvalue weighted by atomic mass is 9.78. The Kier molecular flexibility index (Phi) is 5.12. The molecule has 0 spiro atoms.